The summed E-state index contributed by atoms with van der Waals surface area (Å²) in [5, 5.41) is 11.0. The minimum atomic E-state index is -0.351. The molecule has 2 rings (SSSR count). The zero-order chi connectivity index (χ0) is 11.5. The molecule has 0 unspecified atom stereocenters. The normalized spacial score (nSPS) is 10.4. The van der Waals surface area contributed by atoms with E-state index >= 15 is 0 Å². The Morgan fingerprint density at radius 3 is 2.62 bits per heavy atom. The van der Waals surface area contributed by atoms with Crippen molar-refractivity contribution in [2.75, 3.05) is 7.11 Å². The molecule has 0 aliphatic carbocycles. The molecule has 0 fully saturated rings. The second-order valence-electron chi connectivity index (χ2n) is 3.55. The summed E-state index contributed by atoms with van der Waals surface area (Å²) in [6.45, 7) is -0.00160. The third-order valence-electron chi connectivity index (χ3n) is 2.51. The zero-order valence-corrected chi connectivity index (χ0v) is 8.93. The van der Waals surface area contributed by atoms with Gasteiger partial charge in [0.05, 0.1) is 19.3 Å². The van der Waals surface area contributed by atoms with Gasteiger partial charge in [0.25, 0.3) is 0 Å². The highest BCUT2D eigenvalue weighted by molar-refractivity contribution is 5.95. The molecule has 0 radical (unpaired) electrons. The van der Waals surface area contributed by atoms with Crippen LogP contribution < -0.4 is 0 Å². The number of carbonyl (C=O) groups excluding carboxylic acids is 1. The van der Waals surface area contributed by atoms with Gasteiger partial charge in [0.2, 0.25) is 0 Å². The minimum absolute atomic E-state index is 0.00160. The molecule has 82 valence electrons. The van der Waals surface area contributed by atoms with E-state index in [0.29, 0.717) is 5.56 Å². The number of aliphatic hydroxyl groups is 1. The molecule has 3 heteroatoms. The lowest BCUT2D eigenvalue weighted by Gasteiger charge is -2.03. The van der Waals surface area contributed by atoms with Gasteiger partial charge in [0.15, 0.2) is 0 Å². The van der Waals surface area contributed by atoms with Crippen molar-refractivity contribution in [3.63, 3.8) is 0 Å². The average molecular weight is 216 g/mol. The molecule has 0 saturated carbocycles. The molecule has 0 heterocycles. The van der Waals surface area contributed by atoms with Crippen LogP contribution >= 0.6 is 0 Å². The van der Waals surface area contributed by atoms with Gasteiger partial charge in [-0.2, -0.15) is 0 Å². The summed E-state index contributed by atoms with van der Waals surface area (Å²) in [7, 11) is 1.36. The van der Waals surface area contributed by atoms with E-state index in [1.54, 1.807) is 12.1 Å². The van der Waals surface area contributed by atoms with Gasteiger partial charge in [-0.05, 0) is 34.5 Å². The highest BCUT2D eigenvalue weighted by atomic mass is 16.5. The zero-order valence-electron chi connectivity index (χ0n) is 8.93. The molecule has 0 aliphatic heterocycles. The third kappa shape index (κ3) is 1.90. The van der Waals surface area contributed by atoms with Gasteiger partial charge in [-0.3, -0.25) is 0 Å². The fourth-order valence-electron chi connectivity index (χ4n) is 1.64. The highest BCUT2D eigenvalue weighted by Crippen LogP contribution is 2.18. The highest BCUT2D eigenvalue weighted by Gasteiger charge is 2.05. The van der Waals surface area contributed by atoms with E-state index < -0.39 is 0 Å². The second-order valence-corrected chi connectivity index (χ2v) is 3.55. The van der Waals surface area contributed by atoms with Crippen LogP contribution in [0.5, 0.6) is 0 Å². The molecule has 0 aromatic heterocycles. The topological polar surface area (TPSA) is 46.5 Å². The van der Waals surface area contributed by atoms with E-state index in [4.69, 9.17) is 5.11 Å². The summed E-state index contributed by atoms with van der Waals surface area (Å²) in [5.41, 5.74) is 1.35. The number of carbonyl (C=O) groups is 1. The Hall–Kier alpha value is -1.87. The Bertz CT molecular complexity index is 532. The largest absolute Gasteiger partial charge is 0.465 e. The monoisotopic (exact) mass is 216 g/mol. The number of ether oxygens (including phenoxy) is 1. The maximum atomic E-state index is 11.3. The van der Waals surface area contributed by atoms with E-state index in [0.717, 1.165) is 16.3 Å². The Kier molecular flexibility index (Phi) is 2.88. The molecule has 0 bridgehead atoms. The van der Waals surface area contributed by atoms with Crippen LogP contribution in [0.25, 0.3) is 10.8 Å². The van der Waals surface area contributed by atoms with E-state index in [9.17, 15) is 4.79 Å². The summed E-state index contributed by atoms with van der Waals surface area (Å²) < 4.78 is 4.65. The number of rotatable bonds is 2. The molecule has 0 atom stereocenters. The van der Waals surface area contributed by atoms with Crippen molar-refractivity contribution in [2.45, 2.75) is 6.61 Å². The quantitative estimate of drug-likeness (QED) is 0.782. The van der Waals surface area contributed by atoms with Gasteiger partial charge in [0, 0.05) is 0 Å². The number of hydrogen-bond acceptors (Lipinski definition) is 3. The Morgan fingerprint density at radius 1 is 1.19 bits per heavy atom. The maximum absolute atomic E-state index is 11.3. The molecule has 0 spiro atoms. The predicted molar refractivity (Wildman–Crippen MR) is 61.2 cm³/mol. The smallest absolute Gasteiger partial charge is 0.337 e. The lowest BCUT2D eigenvalue weighted by Crippen LogP contribution is -2.00. The second kappa shape index (κ2) is 4.33. The van der Waals surface area contributed by atoms with Crippen LogP contribution in [-0.2, 0) is 11.3 Å². The molecular weight excluding hydrogens is 204 g/mol. The Morgan fingerprint density at radius 2 is 1.94 bits per heavy atom. The number of hydrogen-bond donors (Lipinski definition) is 1. The van der Waals surface area contributed by atoms with E-state index in [1.807, 2.05) is 24.3 Å². The summed E-state index contributed by atoms with van der Waals surface area (Å²) in [6.07, 6.45) is 0. The molecule has 16 heavy (non-hydrogen) atoms. The van der Waals surface area contributed by atoms with Gasteiger partial charge in [-0.15, -0.1) is 0 Å². The van der Waals surface area contributed by atoms with Crippen molar-refractivity contribution in [3.8, 4) is 0 Å². The predicted octanol–water partition coefficient (Wildman–Crippen LogP) is 2.12. The first-order valence-electron chi connectivity index (χ1n) is 4.96. The van der Waals surface area contributed by atoms with Crippen LogP contribution in [0.2, 0.25) is 0 Å². The molecule has 0 saturated heterocycles. The van der Waals surface area contributed by atoms with Crippen molar-refractivity contribution in [1.29, 1.82) is 0 Å². The first-order valence-corrected chi connectivity index (χ1v) is 4.96. The first kappa shape index (κ1) is 10.6. The summed E-state index contributed by atoms with van der Waals surface area (Å²) >= 11 is 0. The summed E-state index contributed by atoms with van der Waals surface area (Å²) in [4.78, 5) is 11.3. The fourth-order valence-corrected chi connectivity index (χ4v) is 1.64. The maximum Gasteiger partial charge on any atom is 0.337 e. The number of fused-ring (bicyclic) bond motifs is 1. The van der Waals surface area contributed by atoms with Crippen molar-refractivity contribution in [1.82, 2.24) is 0 Å². The fraction of sp³-hybridized carbons (Fsp3) is 0.154. The van der Waals surface area contributed by atoms with Crippen molar-refractivity contribution >= 4 is 16.7 Å². The first-order chi connectivity index (χ1) is 7.74. The molecule has 3 nitrogen and oxygen atoms in total. The van der Waals surface area contributed by atoms with Gasteiger partial charge >= 0.3 is 5.97 Å². The summed E-state index contributed by atoms with van der Waals surface area (Å²) in [5.74, 6) is -0.351. The molecule has 0 amide bonds. The number of esters is 1. The number of benzene rings is 2. The molecule has 2 aromatic carbocycles. The van der Waals surface area contributed by atoms with Crippen molar-refractivity contribution in [3.05, 3.63) is 47.5 Å². The van der Waals surface area contributed by atoms with Crippen LogP contribution in [0.15, 0.2) is 36.4 Å². The van der Waals surface area contributed by atoms with Gasteiger partial charge in [0.1, 0.15) is 0 Å². The standard InChI is InChI=1S/C13H12O3/c1-16-13(15)11-5-4-10-3-2-9(8-14)6-12(10)7-11/h2-7,14H,8H2,1H3. The minimum Gasteiger partial charge on any atom is -0.465 e. The van der Waals surface area contributed by atoms with E-state index in [1.165, 1.54) is 7.11 Å². The van der Waals surface area contributed by atoms with Gasteiger partial charge in [-0.25, -0.2) is 4.79 Å². The van der Waals surface area contributed by atoms with Crippen LogP contribution in [0.3, 0.4) is 0 Å². The van der Waals surface area contributed by atoms with Crippen LogP contribution in [0.4, 0.5) is 0 Å². The van der Waals surface area contributed by atoms with Gasteiger partial charge in [-0.1, -0.05) is 18.2 Å². The van der Waals surface area contributed by atoms with Crippen molar-refractivity contribution in [2.24, 2.45) is 0 Å². The Balaban J connectivity index is 2.54. The molecule has 2 aromatic rings. The van der Waals surface area contributed by atoms with Crippen LogP contribution in [0.1, 0.15) is 15.9 Å². The van der Waals surface area contributed by atoms with Crippen LogP contribution in [0, 0.1) is 0 Å². The Labute approximate surface area is 93.3 Å². The van der Waals surface area contributed by atoms with E-state index in [2.05, 4.69) is 4.74 Å². The average Bonchev–Trinajstić information content (AvgIpc) is 2.36. The molecule has 0 aliphatic rings. The lowest BCUT2D eigenvalue weighted by atomic mass is 10.0. The molecular formula is C13H12O3. The van der Waals surface area contributed by atoms with Gasteiger partial charge < -0.3 is 9.84 Å². The number of methoxy groups -OCH3 is 1. The van der Waals surface area contributed by atoms with E-state index in [-0.39, 0.29) is 12.6 Å². The lowest BCUT2D eigenvalue weighted by molar-refractivity contribution is 0.0601. The van der Waals surface area contributed by atoms with Crippen molar-refractivity contribution < 1.29 is 14.6 Å². The van der Waals surface area contributed by atoms with Crippen LogP contribution in [-0.4, -0.2) is 18.2 Å². The molecule has 1 N–H and O–H groups in total. The third-order valence-corrected chi connectivity index (χ3v) is 2.51. The SMILES string of the molecule is COC(=O)c1ccc2ccc(CO)cc2c1. The summed E-state index contributed by atoms with van der Waals surface area (Å²) in [6, 6.07) is 11.0. The number of aliphatic hydroxyl groups excluding tert-OH is 1.